The lowest BCUT2D eigenvalue weighted by molar-refractivity contribution is -0.141. The van der Waals surface area contributed by atoms with Crippen LogP contribution in [0.25, 0.3) is 0 Å². The average Bonchev–Trinajstić information content (AvgIpc) is 3.83. The van der Waals surface area contributed by atoms with Crippen LogP contribution in [-0.2, 0) is 18.6 Å². The molecule has 0 aliphatic carbocycles. The highest BCUT2D eigenvalue weighted by Gasteiger charge is 2.46. The van der Waals surface area contributed by atoms with Gasteiger partial charge in [0.1, 0.15) is 0 Å². The number of anilines is 2. The molecule has 0 radical (unpaired) electrons. The van der Waals surface area contributed by atoms with Crippen LogP contribution in [-0.4, -0.2) is 84.7 Å². The first-order chi connectivity index (χ1) is 22.9. The largest absolute Gasteiger partial charge is 0.342 e. The van der Waals surface area contributed by atoms with Crippen molar-refractivity contribution in [2.75, 3.05) is 48.7 Å². The van der Waals surface area contributed by atoms with E-state index in [1.165, 1.54) is 25.7 Å². The Kier molecular flexibility index (Phi) is 11.0. The van der Waals surface area contributed by atoms with Crippen molar-refractivity contribution >= 4 is 40.1 Å². The highest BCUT2D eigenvalue weighted by molar-refractivity contribution is 7.52. The Balaban J connectivity index is 1.09. The molecule has 0 saturated carbocycles. The minimum atomic E-state index is -1.02. The molecule has 4 aliphatic rings. The van der Waals surface area contributed by atoms with E-state index in [1.807, 2.05) is 12.1 Å². The Morgan fingerprint density at radius 1 is 0.688 bits per heavy atom. The third-order valence-electron chi connectivity index (χ3n) is 10.0. The van der Waals surface area contributed by atoms with Crippen molar-refractivity contribution in [1.29, 1.82) is 0 Å². The second kappa shape index (κ2) is 14.9. The van der Waals surface area contributed by atoms with Crippen LogP contribution < -0.4 is 20.0 Å². The molecule has 6 rings (SSSR count). The summed E-state index contributed by atoms with van der Waals surface area (Å²) in [7, 11) is -2.03. The quantitative estimate of drug-likeness (QED) is 0.215. The van der Waals surface area contributed by atoms with Gasteiger partial charge in [0.15, 0.2) is 0 Å². The van der Waals surface area contributed by atoms with Gasteiger partial charge in [0.05, 0.1) is 25.3 Å². The summed E-state index contributed by atoms with van der Waals surface area (Å²) >= 11 is 0. The molecular formula is C36H54N6O4P2. The van der Waals surface area contributed by atoms with Crippen molar-refractivity contribution in [3.8, 4) is 0 Å². The fraction of sp³-hybridized carbons (Fsp3) is 0.611. The summed E-state index contributed by atoms with van der Waals surface area (Å²) in [5.41, 5.74) is 1.68. The van der Waals surface area contributed by atoms with Crippen LogP contribution in [0.3, 0.4) is 0 Å². The molecule has 4 saturated heterocycles. The lowest BCUT2D eigenvalue weighted by atomic mass is 9.86. The average molecular weight is 697 g/mol. The summed E-state index contributed by atoms with van der Waals surface area (Å²) in [6.07, 6.45) is 4.71. The van der Waals surface area contributed by atoms with Crippen molar-refractivity contribution in [2.24, 2.45) is 10.8 Å². The van der Waals surface area contributed by atoms with Crippen molar-refractivity contribution in [3.05, 3.63) is 60.7 Å². The van der Waals surface area contributed by atoms with Gasteiger partial charge in [-0.25, -0.2) is 9.34 Å². The maximum atomic E-state index is 13.5. The van der Waals surface area contributed by atoms with Gasteiger partial charge in [-0.3, -0.25) is 9.59 Å². The van der Waals surface area contributed by atoms with Crippen molar-refractivity contribution in [2.45, 2.75) is 91.4 Å². The monoisotopic (exact) mass is 696 g/mol. The molecule has 0 bridgehead atoms. The van der Waals surface area contributed by atoms with Crippen LogP contribution in [0.2, 0.25) is 0 Å². The van der Waals surface area contributed by atoms with Gasteiger partial charge in [0, 0.05) is 49.6 Å². The van der Waals surface area contributed by atoms with Gasteiger partial charge in [-0.1, -0.05) is 77.9 Å². The van der Waals surface area contributed by atoms with Crippen LogP contribution in [0.15, 0.2) is 60.7 Å². The number of hydrogen-bond donors (Lipinski definition) is 2. The third kappa shape index (κ3) is 8.01. The molecule has 4 aliphatic heterocycles. The lowest BCUT2D eigenvalue weighted by Crippen LogP contribution is -2.55. The second-order valence-corrected chi connectivity index (χ2v) is 19.2. The lowest BCUT2D eigenvalue weighted by Gasteiger charge is -2.36. The zero-order valence-corrected chi connectivity index (χ0v) is 31.3. The Bertz CT molecular complexity index is 1280. The molecule has 0 aromatic heterocycles. The SMILES string of the molecule is CC(C)(C)[C@@H](COP1N(c2ccccc2)C[C@@H]2CCCN21)NC(=O)C(=O)N[C@H](COP1N(c2ccccc2)C[C@@H]2CCCN21)C(C)(C)C. The van der Waals surface area contributed by atoms with Gasteiger partial charge in [0.25, 0.3) is 0 Å². The first-order valence-electron chi connectivity index (χ1n) is 17.6. The van der Waals surface area contributed by atoms with Gasteiger partial charge in [-0.15, -0.1) is 0 Å². The molecule has 48 heavy (non-hydrogen) atoms. The third-order valence-corrected chi connectivity index (χ3v) is 14.3. The van der Waals surface area contributed by atoms with E-state index in [0.29, 0.717) is 25.3 Å². The zero-order valence-electron chi connectivity index (χ0n) is 29.5. The summed E-state index contributed by atoms with van der Waals surface area (Å²) in [6, 6.07) is 21.2. The molecule has 2 aromatic carbocycles. The minimum Gasteiger partial charge on any atom is -0.342 e. The number of nitrogens with zero attached hydrogens (tertiary/aromatic N) is 4. The van der Waals surface area contributed by atoms with E-state index in [9.17, 15) is 9.59 Å². The first-order valence-corrected chi connectivity index (χ1v) is 19.9. The number of carbonyl (C=O) groups is 2. The molecule has 4 fully saturated rings. The Morgan fingerprint density at radius 3 is 1.42 bits per heavy atom. The van der Waals surface area contributed by atoms with Gasteiger partial charge in [-0.05, 0) is 60.8 Å². The van der Waals surface area contributed by atoms with Gasteiger partial charge >= 0.3 is 11.8 Å². The molecule has 10 nitrogen and oxygen atoms in total. The predicted molar refractivity (Wildman–Crippen MR) is 196 cm³/mol. The van der Waals surface area contributed by atoms with Crippen LogP contribution in [0.1, 0.15) is 67.2 Å². The molecule has 0 spiro atoms. The maximum absolute atomic E-state index is 13.5. The number of fused-ring (bicyclic) bond motifs is 2. The van der Waals surface area contributed by atoms with Crippen LogP contribution in [0, 0.1) is 10.8 Å². The molecule has 2 aromatic rings. The molecule has 6 atom stereocenters. The summed E-state index contributed by atoms with van der Waals surface area (Å²) in [5.74, 6) is -1.27. The summed E-state index contributed by atoms with van der Waals surface area (Å²) < 4.78 is 23.2. The molecule has 262 valence electrons. The molecular weight excluding hydrogens is 642 g/mol. The van der Waals surface area contributed by atoms with E-state index in [1.54, 1.807) is 0 Å². The van der Waals surface area contributed by atoms with E-state index in [4.69, 9.17) is 9.05 Å². The normalized spacial score (nSPS) is 26.0. The van der Waals surface area contributed by atoms with E-state index in [-0.39, 0.29) is 22.9 Å². The van der Waals surface area contributed by atoms with Crippen molar-refractivity contribution in [1.82, 2.24) is 20.0 Å². The number of hydrogen-bond acceptors (Lipinski definition) is 8. The number of amides is 2. The number of rotatable bonds is 10. The summed E-state index contributed by atoms with van der Waals surface area (Å²) in [5, 5.41) is 6.10. The van der Waals surface area contributed by atoms with Crippen LogP contribution in [0.5, 0.6) is 0 Å². The smallest absolute Gasteiger partial charge is 0.309 e. The Hall–Kier alpha value is -2.32. The summed E-state index contributed by atoms with van der Waals surface area (Å²) in [4.78, 5) is 27.1. The number of carbonyl (C=O) groups excluding carboxylic acids is 2. The number of nitrogens with one attached hydrogen (secondary N) is 2. The molecule has 4 heterocycles. The van der Waals surface area contributed by atoms with Crippen molar-refractivity contribution < 1.29 is 18.6 Å². The summed E-state index contributed by atoms with van der Waals surface area (Å²) in [6.45, 7) is 17.1. The fourth-order valence-electron chi connectivity index (χ4n) is 6.92. The van der Waals surface area contributed by atoms with Crippen LogP contribution >= 0.6 is 16.9 Å². The highest BCUT2D eigenvalue weighted by atomic mass is 31.2. The molecule has 2 N–H and O–H groups in total. The Morgan fingerprint density at radius 2 is 1.06 bits per heavy atom. The van der Waals surface area contributed by atoms with E-state index >= 15 is 0 Å². The van der Waals surface area contributed by atoms with Gasteiger partial charge in [-0.2, -0.15) is 0 Å². The predicted octanol–water partition coefficient (Wildman–Crippen LogP) is 6.50. The first kappa shape index (κ1) is 35.5. The van der Waals surface area contributed by atoms with E-state index in [2.05, 4.69) is 119 Å². The number of benzene rings is 2. The zero-order chi connectivity index (χ0) is 34.1. The molecule has 2 amide bonds. The minimum absolute atomic E-state index is 0.322. The standard InChI is InChI=1S/C36H54N6O4P2/c1-35(2,3)31(25-45-47-39-21-13-19-29(39)23-41(47)27-15-9-7-10-16-27)37-33(43)34(44)38-32(36(4,5)6)26-46-48-40-22-14-20-30(40)24-42(48)28-17-11-8-12-18-28/h7-12,15-18,29-32H,13-14,19-26H2,1-6H3,(H,37,43)(H,38,44)/t29-,30-,31+,32+,47?,48?/m0/s1. The second-order valence-electron chi connectivity index (χ2n) is 15.6. The van der Waals surface area contributed by atoms with E-state index in [0.717, 1.165) is 37.6 Å². The number of para-hydroxylation sites is 2. The molecule has 2 unspecified atom stereocenters. The fourth-order valence-corrected chi connectivity index (χ4v) is 11.5. The van der Waals surface area contributed by atoms with Crippen LogP contribution in [0.4, 0.5) is 11.4 Å². The van der Waals surface area contributed by atoms with E-state index < -0.39 is 28.7 Å². The Labute approximate surface area is 289 Å². The highest BCUT2D eigenvalue weighted by Crippen LogP contribution is 2.58. The maximum Gasteiger partial charge on any atom is 0.309 e. The van der Waals surface area contributed by atoms with Crippen molar-refractivity contribution in [3.63, 3.8) is 0 Å². The van der Waals surface area contributed by atoms with Gasteiger partial charge < -0.3 is 29.0 Å². The van der Waals surface area contributed by atoms with Gasteiger partial charge in [0.2, 0.25) is 16.9 Å². The topological polar surface area (TPSA) is 89.6 Å². The molecule has 12 heteroatoms.